The third-order valence-corrected chi connectivity index (χ3v) is 4.46. The molecule has 0 spiro atoms. The van der Waals surface area contributed by atoms with Crippen molar-refractivity contribution >= 4 is 41.7 Å². The van der Waals surface area contributed by atoms with Crippen molar-refractivity contribution in [1.29, 1.82) is 0 Å². The quantitative estimate of drug-likeness (QED) is 0.693. The van der Waals surface area contributed by atoms with Crippen molar-refractivity contribution in [2.24, 2.45) is 0 Å². The Morgan fingerprint density at radius 1 is 1.58 bits per heavy atom. The van der Waals surface area contributed by atoms with Crippen LogP contribution in [0.5, 0.6) is 0 Å². The Labute approximate surface area is 86.4 Å². The Morgan fingerprint density at radius 3 is 2.83 bits per heavy atom. The van der Waals surface area contributed by atoms with Crippen LogP contribution in [-0.4, -0.2) is 28.2 Å². The van der Waals surface area contributed by atoms with Gasteiger partial charge < -0.3 is 4.90 Å². The molecule has 0 fully saturated rings. The van der Waals surface area contributed by atoms with Gasteiger partial charge in [0.1, 0.15) is 0 Å². The fourth-order valence-corrected chi connectivity index (χ4v) is 3.08. The molecule has 0 aromatic heterocycles. The van der Waals surface area contributed by atoms with E-state index in [0.717, 1.165) is 4.91 Å². The second-order valence-corrected chi connectivity index (χ2v) is 5.47. The van der Waals surface area contributed by atoms with Crippen LogP contribution >= 0.6 is 32.5 Å². The minimum atomic E-state index is 0.0573. The third-order valence-electron chi connectivity index (χ3n) is 1.15. The summed E-state index contributed by atoms with van der Waals surface area (Å²) in [7, 11) is 3.53. The minimum absolute atomic E-state index is 0.0573. The summed E-state index contributed by atoms with van der Waals surface area (Å²) in [6.45, 7) is 0. The SMILES string of the molecule is CN(C)C(=O)SC1=CI=CC=C1. The highest BCUT2D eigenvalue weighted by Crippen LogP contribution is 2.24. The van der Waals surface area contributed by atoms with E-state index in [0.29, 0.717) is 0 Å². The molecule has 1 aliphatic rings. The van der Waals surface area contributed by atoms with Gasteiger partial charge in [-0.05, 0) is 25.9 Å². The molecule has 0 saturated carbocycles. The van der Waals surface area contributed by atoms with E-state index in [2.05, 4.69) is 8.09 Å². The molecular weight excluding hydrogens is 285 g/mol. The zero-order valence-electron chi connectivity index (χ0n) is 6.95. The number of carbonyl (C=O) groups excluding carboxylic acids is 1. The van der Waals surface area contributed by atoms with Crippen molar-refractivity contribution in [3.8, 4) is 0 Å². The average Bonchev–Trinajstić information content (AvgIpc) is 2.06. The second-order valence-electron chi connectivity index (χ2n) is 2.38. The molecule has 0 atom stereocenters. The lowest BCUT2D eigenvalue weighted by molar-refractivity contribution is 0.241. The maximum absolute atomic E-state index is 11.2. The van der Waals surface area contributed by atoms with Crippen LogP contribution in [0, 0.1) is 0 Å². The first kappa shape index (κ1) is 9.98. The Hall–Kier alpha value is -0.100. The molecule has 12 heavy (non-hydrogen) atoms. The predicted molar refractivity (Wildman–Crippen MR) is 64.0 cm³/mol. The molecule has 1 heterocycles. The number of hydrogen-bond donors (Lipinski definition) is 0. The van der Waals surface area contributed by atoms with E-state index >= 15 is 0 Å². The summed E-state index contributed by atoms with van der Waals surface area (Å²) in [4.78, 5) is 13.9. The van der Waals surface area contributed by atoms with Crippen LogP contribution in [-0.2, 0) is 0 Å². The summed E-state index contributed by atoms with van der Waals surface area (Å²) >= 11 is 1.35. The fraction of sp³-hybridized carbons (Fsp3) is 0.250. The first-order valence-corrected chi connectivity index (χ1v) is 6.72. The maximum atomic E-state index is 11.2. The zero-order valence-corrected chi connectivity index (χ0v) is 9.93. The Bertz CT molecular complexity index is 268. The van der Waals surface area contributed by atoms with Crippen LogP contribution in [0.1, 0.15) is 0 Å². The standard InChI is InChI=1S/C8H10INOS/c1-10(2)8(11)12-7-4-3-5-9-6-7/h3-6H,1-2H3. The topological polar surface area (TPSA) is 20.3 Å². The molecule has 0 radical (unpaired) electrons. The summed E-state index contributed by atoms with van der Waals surface area (Å²) in [5.74, 6) is 0. The van der Waals surface area contributed by atoms with Gasteiger partial charge in [0.2, 0.25) is 0 Å². The van der Waals surface area contributed by atoms with Crippen molar-refractivity contribution < 1.29 is 4.79 Å². The van der Waals surface area contributed by atoms with E-state index in [-0.39, 0.29) is 26.0 Å². The third kappa shape index (κ3) is 3.10. The van der Waals surface area contributed by atoms with Gasteiger partial charge in [-0.25, -0.2) is 0 Å². The van der Waals surface area contributed by atoms with E-state index in [9.17, 15) is 4.79 Å². The smallest absolute Gasteiger partial charge is 0.285 e. The van der Waals surface area contributed by atoms with Crippen LogP contribution < -0.4 is 0 Å². The van der Waals surface area contributed by atoms with Gasteiger partial charge in [-0.3, -0.25) is 4.79 Å². The van der Waals surface area contributed by atoms with E-state index < -0.39 is 0 Å². The summed E-state index contributed by atoms with van der Waals surface area (Å²) in [5.41, 5.74) is 0. The van der Waals surface area contributed by atoms with Crippen LogP contribution in [0.15, 0.2) is 21.1 Å². The van der Waals surface area contributed by atoms with Gasteiger partial charge in [-0.2, -0.15) is 0 Å². The molecular formula is C8H10INOS. The number of halogens is 1. The molecule has 0 unspecified atom stereocenters. The number of nitrogens with zero attached hydrogens (tertiary/aromatic N) is 1. The Kier molecular flexibility index (Phi) is 4.00. The largest absolute Gasteiger partial charge is 0.339 e. The molecule has 0 aromatic rings. The van der Waals surface area contributed by atoms with Crippen molar-refractivity contribution in [3.05, 3.63) is 21.1 Å². The monoisotopic (exact) mass is 295 g/mol. The van der Waals surface area contributed by atoms with Gasteiger partial charge in [-0.15, -0.1) is 0 Å². The summed E-state index contributed by atoms with van der Waals surface area (Å²) in [6.07, 6.45) is 4.01. The summed E-state index contributed by atoms with van der Waals surface area (Å²) in [5, 5.41) is 0.0943. The fourth-order valence-electron chi connectivity index (χ4n) is 0.556. The van der Waals surface area contributed by atoms with Crippen LogP contribution in [0.3, 0.4) is 0 Å². The molecule has 66 valence electrons. The first-order valence-electron chi connectivity index (χ1n) is 3.41. The van der Waals surface area contributed by atoms with Crippen LogP contribution in [0.4, 0.5) is 4.79 Å². The van der Waals surface area contributed by atoms with E-state index in [1.807, 2.05) is 12.2 Å². The van der Waals surface area contributed by atoms with Crippen molar-refractivity contribution in [2.45, 2.75) is 0 Å². The molecule has 4 heteroatoms. The lowest BCUT2D eigenvalue weighted by Gasteiger charge is -2.09. The van der Waals surface area contributed by atoms with Crippen LogP contribution in [0.25, 0.3) is 0 Å². The highest BCUT2D eigenvalue weighted by atomic mass is 127. The molecule has 0 N–H and O–H groups in total. The number of hydrogen-bond acceptors (Lipinski definition) is 2. The maximum Gasteiger partial charge on any atom is 0.285 e. The lowest BCUT2D eigenvalue weighted by Crippen LogP contribution is -2.16. The van der Waals surface area contributed by atoms with E-state index in [1.54, 1.807) is 19.0 Å². The number of thioether (sulfide) groups is 1. The minimum Gasteiger partial charge on any atom is -0.339 e. The molecule has 0 aromatic carbocycles. The second kappa shape index (κ2) is 4.81. The van der Waals surface area contributed by atoms with Gasteiger partial charge in [0.05, 0.1) is 0 Å². The Morgan fingerprint density at radius 2 is 2.33 bits per heavy atom. The molecule has 0 aliphatic carbocycles. The Balaban J connectivity index is 2.52. The molecule has 1 amide bonds. The number of allylic oxidation sites excluding steroid dienone is 2. The van der Waals surface area contributed by atoms with Crippen molar-refractivity contribution in [2.75, 3.05) is 14.1 Å². The summed E-state index contributed by atoms with van der Waals surface area (Å²) in [6, 6.07) is 0. The lowest BCUT2D eigenvalue weighted by atomic mass is 10.5. The van der Waals surface area contributed by atoms with Crippen molar-refractivity contribution in [3.63, 3.8) is 0 Å². The molecule has 2 nitrogen and oxygen atoms in total. The van der Waals surface area contributed by atoms with Crippen LogP contribution in [0.2, 0.25) is 0 Å². The number of carbonyl (C=O) groups is 1. The average molecular weight is 295 g/mol. The number of rotatable bonds is 1. The molecule has 1 aliphatic heterocycles. The van der Waals surface area contributed by atoms with E-state index in [1.165, 1.54) is 11.8 Å². The van der Waals surface area contributed by atoms with E-state index in [4.69, 9.17) is 0 Å². The summed E-state index contributed by atoms with van der Waals surface area (Å²) < 4.78 is 4.33. The normalized spacial score (nSPS) is 15.0. The molecule has 1 rings (SSSR count). The van der Waals surface area contributed by atoms with Gasteiger partial charge >= 0.3 is 0 Å². The van der Waals surface area contributed by atoms with Gasteiger partial charge in [0.25, 0.3) is 5.24 Å². The highest BCUT2D eigenvalue weighted by Gasteiger charge is 2.06. The van der Waals surface area contributed by atoms with Gasteiger partial charge in [0.15, 0.2) is 0 Å². The highest BCUT2D eigenvalue weighted by molar-refractivity contribution is 14.2. The predicted octanol–water partition coefficient (Wildman–Crippen LogP) is 2.59. The van der Waals surface area contributed by atoms with Gasteiger partial charge in [0, 0.05) is 19.0 Å². The number of amides is 1. The molecule has 0 bridgehead atoms. The first-order chi connectivity index (χ1) is 5.70. The van der Waals surface area contributed by atoms with Gasteiger partial charge in [-0.1, -0.05) is 26.8 Å². The zero-order chi connectivity index (χ0) is 8.97. The molecule has 0 saturated heterocycles. The van der Waals surface area contributed by atoms with Crippen molar-refractivity contribution in [1.82, 2.24) is 4.90 Å².